The van der Waals surface area contributed by atoms with Crippen molar-refractivity contribution in [2.24, 2.45) is 4.99 Å². The molecule has 0 amide bonds. The number of nitrogens with one attached hydrogen (secondary N) is 2. The average molecular weight is 456 g/mol. The molecule has 0 aromatic carbocycles. The van der Waals surface area contributed by atoms with Gasteiger partial charge in [-0.2, -0.15) is 0 Å². The molecule has 0 saturated carbocycles. The van der Waals surface area contributed by atoms with Crippen molar-refractivity contribution in [3.8, 4) is 0 Å². The lowest BCUT2D eigenvalue weighted by Gasteiger charge is -2.30. The van der Waals surface area contributed by atoms with Crippen LogP contribution in [-0.2, 0) is 9.47 Å². The normalized spacial score (nSPS) is 18.3. The molecule has 0 aromatic heterocycles. The minimum atomic E-state index is 0. The Morgan fingerprint density at radius 3 is 2.42 bits per heavy atom. The maximum atomic E-state index is 5.75. The molecular formula is C17H37IN4O2. The molecule has 0 aliphatic carbocycles. The number of halogens is 1. The van der Waals surface area contributed by atoms with Crippen LogP contribution in [0.15, 0.2) is 4.99 Å². The highest BCUT2D eigenvalue weighted by Gasteiger charge is 2.15. The van der Waals surface area contributed by atoms with E-state index in [4.69, 9.17) is 9.47 Å². The second-order valence-electron chi connectivity index (χ2n) is 6.56. The van der Waals surface area contributed by atoms with Crippen LogP contribution in [0.1, 0.15) is 40.5 Å². The first-order valence-electron chi connectivity index (χ1n) is 8.94. The molecule has 1 aliphatic heterocycles. The van der Waals surface area contributed by atoms with E-state index >= 15 is 0 Å². The molecule has 1 heterocycles. The first kappa shape index (κ1) is 23.9. The van der Waals surface area contributed by atoms with Crippen molar-refractivity contribution in [1.29, 1.82) is 0 Å². The van der Waals surface area contributed by atoms with Gasteiger partial charge in [0, 0.05) is 52.0 Å². The maximum Gasteiger partial charge on any atom is 0.191 e. The molecule has 7 heteroatoms. The Balaban J connectivity index is 0.00000529. The molecule has 0 bridgehead atoms. The van der Waals surface area contributed by atoms with Gasteiger partial charge in [-0.1, -0.05) is 0 Å². The SMILES string of the molecule is CN=C(NCCCOC1CCOC1)NCCN(C(C)C)C(C)C.I. The summed E-state index contributed by atoms with van der Waals surface area (Å²) in [6.45, 7) is 14.1. The topological polar surface area (TPSA) is 58.1 Å². The van der Waals surface area contributed by atoms with Gasteiger partial charge in [0.25, 0.3) is 0 Å². The van der Waals surface area contributed by atoms with E-state index < -0.39 is 0 Å². The summed E-state index contributed by atoms with van der Waals surface area (Å²) in [6.07, 6.45) is 2.30. The first-order valence-corrected chi connectivity index (χ1v) is 8.94. The van der Waals surface area contributed by atoms with E-state index in [-0.39, 0.29) is 24.0 Å². The van der Waals surface area contributed by atoms with E-state index in [0.717, 1.165) is 58.3 Å². The molecule has 1 unspecified atom stereocenters. The fourth-order valence-corrected chi connectivity index (χ4v) is 2.81. The number of hydrogen-bond acceptors (Lipinski definition) is 4. The minimum Gasteiger partial charge on any atom is -0.379 e. The molecule has 24 heavy (non-hydrogen) atoms. The van der Waals surface area contributed by atoms with Crippen LogP contribution in [0.3, 0.4) is 0 Å². The third-order valence-electron chi connectivity index (χ3n) is 4.07. The predicted octanol–water partition coefficient (Wildman–Crippen LogP) is 2.08. The summed E-state index contributed by atoms with van der Waals surface area (Å²) in [6, 6.07) is 1.12. The van der Waals surface area contributed by atoms with E-state index in [1.165, 1.54) is 0 Å². The van der Waals surface area contributed by atoms with E-state index in [1.807, 2.05) is 7.05 Å². The molecule has 0 aromatic rings. The van der Waals surface area contributed by atoms with E-state index in [1.54, 1.807) is 0 Å². The summed E-state index contributed by atoms with van der Waals surface area (Å²) < 4.78 is 11.0. The van der Waals surface area contributed by atoms with Crippen LogP contribution in [0.4, 0.5) is 0 Å². The van der Waals surface area contributed by atoms with Gasteiger partial charge in [0.1, 0.15) is 0 Å². The van der Waals surface area contributed by atoms with Gasteiger partial charge in [-0.3, -0.25) is 9.89 Å². The fraction of sp³-hybridized carbons (Fsp3) is 0.941. The van der Waals surface area contributed by atoms with Crippen molar-refractivity contribution >= 4 is 29.9 Å². The zero-order chi connectivity index (χ0) is 17.1. The number of nitrogens with zero attached hydrogens (tertiary/aromatic N) is 2. The summed E-state index contributed by atoms with van der Waals surface area (Å²) in [4.78, 5) is 6.73. The van der Waals surface area contributed by atoms with Gasteiger partial charge in [-0.15, -0.1) is 24.0 Å². The van der Waals surface area contributed by atoms with Gasteiger partial charge in [-0.25, -0.2) is 0 Å². The highest BCUT2D eigenvalue weighted by Crippen LogP contribution is 2.07. The molecule has 1 saturated heterocycles. The second-order valence-corrected chi connectivity index (χ2v) is 6.56. The van der Waals surface area contributed by atoms with Gasteiger partial charge in [0.2, 0.25) is 0 Å². The standard InChI is InChI=1S/C17H36N4O2.HI/c1-14(2)21(15(3)4)10-9-20-17(18-5)19-8-6-11-23-16-7-12-22-13-16;/h14-16H,6-13H2,1-5H3,(H2,18,19,20);1H. The molecule has 144 valence electrons. The number of ether oxygens (including phenoxy) is 2. The zero-order valence-electron chi connectivity index (χ0n) is 16.0. The lowest BCUT2D eigenvalue weighted by Crippen LogP contribution is -2.45. The van der Waals surface area contributed by atoms with Gasteiger partial charge < -0.3 is 20.1 Å². The summed E-state index contributed by atoms with van der Waals surface area (Å²) in [5.41, 5.74) is 0. The average Bonchev–Trinajstić information content (AvgIpc) is 3.01. The second kappa shape index (κ2) is 14.1. The zero-order valence-corrected chi connectivity index (χ0v) is 18.3. The molecule has 1 rings (SSSR count). The molecule has 1 fully saturated rings. The number of rotatable bonds is 10. The van der Waals surface area contributed by atoms with Crippen molar-refractivity contribution in [1.82, 2.24) is 15.5 Å². The van der Waals surface area contributed by atoms with E-state index in [0.29, 0.717) is 18.2 Å². The molecule has 1 aliphatic rings. The van der Waals surface area contributed by atoms with Gasteiger partial charge in [0.05, 0.1) is 12.7 Å². The smallest absolute Gasteiger partial charge is 0.191 e. The number of hydrogen-bond donors (Lipinski definition) is 2. The Kier molecular flexibility index (Phi) is 14.0. The van der Waals surface area contributed by atoms with Gasteiger partial charge in [0.15, 0.2) is 5.96 Å². The van der Waals surface area contributed by atoms with Gasteiger partial charge in [-0.05, 0) is 40.5 Å². The number of aliphatic imine (C=N–C) groups is 1. The van der Waals surface area contributed by atoms with Crippen molar-refractivity contribution in [3.63, 3.8) is 0 Å². The number of guanidine groups is 1. The van der Waals surface area contributed by atoms with Crippen LogP contribution in [0.25, 0.3) is 0 Å². The van der Waals surface area contributed by atoms with Crippen LogP contribution in [0.5, 0.6) is 0 Å². The fourth-order valence-electron chi connectivity index (χ4n) is 2.81. The Labute approximate surface area is 165 Å². The first-order chi connectivity index (χ1) is 11.0. The molecule has 1 atom stereocenters. The highest BCUT2D eigenvalue weighted by molar-refractivity contribution is 14.0. The summed E-state index contributed by atoms with van der Waals surface area (Å²) in [5.74, 6) is 0.863. The quantitative estimate of drug-likeness (QED) is 0.228. The molecule has 0 radical (unpaired) electrons. The molecule has 6 nitrogen and oxygen atoms in total. The third-order valence-corrected chi connectivity index (χ3v) is 4.07. The van der Waals surface area contributed by atoms with Crippen molar-refractivity contribution in [2.45, 2.75) is 58.7 Å². The van der Waals surface area contributed by atoms with Crippen molar-refractivity contribution in [2.75, 3.05) is 46.5 Å². The Bertz CT molecular complexity index is 327. The third kappa shape index (κ3) is 10.0. The summed E-state index contributed by atoms with van der Waals surface area (Å²) >= 11 is 0. The minimum absolute atomic E-state index is 0. The Morgan fingerprint density at radius 1 is 1.21 bits per heavy atom. The van der Waals surface area contributed by atoms with Crippen molar-refractivity contribution in [3.05, 3.63) is 0 Å². The van der Waals surface area contributed by atoms with Crippen LogP contribution in [0.2, 0.25) is 0 Å². The van der Waals surface area contributed by atoms with Crippen LogP contribution >= 0.6 is 24.0 Å². The van der Waals surface area contributed by atoms with E-state index in [9.17, 15) is 0 Å². The van der Waals surface area contributed by atoms with Crippen molar-refractivity contribution < 1.29 is 9.47 Å². The molecule has 0 spiro atoms. The van der Waals surface area contributed by atoms with E-state index in [2.05, 4.69) is 48.2 Å². The summed E-state index contributed by atoms with van der Waals surface area (Å²) in [5, 5.41) is 6.71. The lowest BCUT2D eigenvalue weighted by molar-refractivity contribution is 0.0420. The Morgan fingerprint density at radius 2 is 1.88 bits per heavy atom. The predicted molar refractivity (Wildman–Crippen MR) is 112 cm³/mol. The van der Waals surface area contributed by atoms with Crippen LogP contribution in [0, 0.1) is 0 Å². The molecular weight excluding hydrogens is 419 g/mol. The van der Waals surface area contributed by atoms with Crippen LogP contribution < -0.4 is 10.6 Å². The van der Waals surface area contributed by atoms with Gasteiger partial charge >= 0.3 is 0 Å². The monoisotopic (exact) mass is 456 g/mol. The summed E-state index contributed by atoms with van der Waals surface area (Å²) in [7, 11) is 1.81. The Hall–Kier alpha value is -0.120. The largest absolute Gasteiger partial charge is 0.379 e. The highest BCUT2D eigenvalue weighted by atomic mass is 127. The maximum absolute atomic E-state index is 5.75. The molecule has 2 N–H and O–H groups in total. The lowest BCUT2D eigenvalue weighted by atomic mass is 10.2. The van der Waals surface area contributed by atoms with Crippen LogP contribution in [-0.4, -0.2) is 75.5 Å².